The lowest BCUT2D eigenvalue weighted by Crippen LogP contribution is -2.24. The maximum Gasteiger partial charge on any atom is 0.254 e. The average molecular weight is 255 g/mol. The summed E-state index contributed by atoms with van der Waals surface area (Å²) in [6.07, 6.45) is 0. The fourth-order valence-electron chi connectivity index (χ4n) is 2.45. The SMILES string of the molecule is CN1Cc2cc(O)ccc2-c2ccc(O)cc2C1=O. The molecular formula is C15H13NO3. The van der Waals surface area contributed by atoms with Crippen molar-refractivity contribution in [3.8, 4) is 22.6 Å². The number of hydrogen-bond acceptors (Lipinski definition) is 3. The Morgan fingerprint density at radius 3 is 2.32 bits per heavy atom. The second-order valence-electron chi connectivity index (χ2n) is 4.73. The van der Waals surface area contributed by atoms with Crippen LogP contribution >= 0.6 is 0 Å². The van der Waals surface area contributed by atoms with Crippen LogP contribution in [0.2, 0.25) is 0 Å². The van der Waals surface area contributed by atoms with Crippen LogP contribution in [0.5, 0.6) is 11.5 Å². The minimum Gasteiger partial charge on any atom is -0.508 e. The van der Waals surface area contributed by atoms with Crippen LogP contribution in [0.15, 0.2) is 36.4 Å². The van der Waals surface area contributed by atoms with Gasteiger partial charge in [-0.25, -0.2) is 0 Å². The number of carbonyl (C=O) groups is 1. The number of carbonyl (C=O) groups excluding carboxylic acids is 1. The Hall–Kier alpha value is -2.49. The monoisotopic (exact) mass is 255 g/mol. The highest BCUT2D eigenvalue weighted by Gasteiger charge is 2.24. The van der Waals surface area contributed by atoms with Crippen LogP contribution in [0, 0.1) is 0 Å². The predicted octanol–water partition coefficient (Wildman–Crippen LogP) is 2.35. The Labute approximate surface area is 110 Å². The van der Waals surface area contributed by atoms with Gasteiger partial charge in [-0.05, 0) is 47.0 Å². The Bertz CT molecular complexity index is 679. The van der Waals surface area contributed by atoms with Crippen molar-refractivity contribution in [2.24, 2.45) is 0 Å². The first kappa shape index (κ1) is 11.6. The molecule has 0 saturated heterocycles. The largest absolute Gasteiger partial charge is 0.508 e. The quantitative estimate of drug-likeness (QED) is 0.759. The van der Waals surface area contributed by atoms with Crippen molar-refractivity contribution >= 4 is 5.91 Å². The summed E-state index contributed by atoms with van der Waals surface area (Å²) in [5.74, 6) is 0.117. The summed E-state index contributed by atoms with van der Waals surface area (Å²) in [7, 11) is 1.70. The van der Waals surface area contributed by atoms with Gasteiger partial charge in [0, 0.05) is 13.6 Å². The highest BCUT2D eigenvalue weighted by molar-refractivity contribution is 6.02. The van der Waals surface area contributed by atoms with Gasteiger partial charge in [0.05, 0.1) is 5.56 Å². The van der Waals surface area contributed by atoms with Gasteiger partial charge in [-0.3, -0.25) is 4.79 Å². The second kappa shape index (κ2) is 4.02. The van der Waals surface area contributed by atoms with Gasteiger partial charge in [-0.2, -0.15) is 0 Å². The number of phenolic OH excluding ortho intramolecular Hbond substituents is 2. The lowest BCUT2D eigenvalue weighted by molar-refractivity contribution is 0.0788. The van der Waals surface area contributed by atoms with Gasteiger partial charge in [0.25, 0.3) is 5.91 Å². The molecule has 0 aromatic heterocycles. The van der Waals surface area contributed by atoms with Gasteiger partial charge in [-0.15, -0.1) is 0 Å². The van der Waals surface area contributed by atoms with Crippen LogP contribution < -0.4 is 0 Å². The molecule has 0 radical (unpaired) electrons. The van der Waals surface area contributed by atoms with E-state index >= 15 is 0 Å². The zero-order chi connectivity index (χ0) is 13.6. The number of nitrogens with zero attached hydrogens (tertiary/aromatic N) is 1. The highest BCUT2D eigenvalue weighted by Crippen LogP contribution is 2.35. The van der Waals surface area contributed by atoms with E-state index in [2.05, 4.69) is 0 Å². The molecule has 4 nitrogen and oxygen atoms in total. The van der Waals surface area contributed by atoms with Crippen LogP contribution in [0.25, 0.3) is 11.1 Å². The lowest BCUT2D eigenvalue weighted by atomic mass is 9.96. The average Bonchev–Trinajstić information content (AvgIpc) is 2.47. The minimum absolute atomic E-state index is 0.0720. The molecule has 0 atom stereocenters. The van der Waals surface area contributed by atoms with Crippen LogP contribution in [-0.2, 0) is 6.54 Å². The third-order valence-corrected chi connectivity index (χ3v) is 3.37. The summed E-state index contributed by atoms with van der Waals surface area (Å²) < 4.78 is 0. The molecule has 0 unspecified atom stereocenters. The van der Waals surface area contributed by atoms with E-state index in [0.717, 1.165) is 16.7 Å². The van der Waals surface area contributed by atoms with Crippen molar-refractivity contribution in [3.63, 3.8) is 0 Å². The summed E-state index contributed by atoms with van der Waals surface area (Å²) in [5.41, 5.74) is 3.06. The van der Waals surface area contributed by atoms with Gasteiger partial charge >= 0.3 is 0 Å². The molecule has 96 valence electrons. The van der Waals surface area contributed by atoms with E-state index in [0.29, 0.717) is 12.1 Å². The summed E-state index contributed by atoms with van der Waals surface area (Å²) >= 11 is 0. The van der Waals surface area contributed by atoms with E-state index in [4.69, 9.17) is 0 Å². The molecule has 0 bridgehead atoms. The maximum atomic E-state index is 12.3. The molecule has 19 heavy (non-hydrogen) atoms. The lowest BCUT2D eigenvalue weighted by Gasteiger charge is -2.15. The number of fused-ring (bicyclic) bond motifs is 3. The third kappa shape index (κ3) is 1.81. The molecule has 0 fully saturated rings. The minimum atomic E-state index is -0.137. The van der Waals surface area contributed by atoms with Crippen molar-refractivity contribution in [3.05, 3.63) is 47.5 Å². The Morgan fingerprint density at radius 1 is 0.947 bits per heavy atom. The van der Waals surface area contributed by atoms with Crippen molar-refractivity contribution in [2.75, 3.05) is 7.05 Å². The fourth-order valence-corrected chi connectivity index (χ4v) is 2.45. The number of aromatic hydroxyl groups is 2. The van der Waals surface area contributed by atoms with Gasteiger partial charge < -0.3 is 15.1 Å². The number of phenols is 2. The summed E-state index contributed by atoms with van der Waals surface area (Å²) in [4.78, 5) is 13.9. The second-order valence-corrected chi connectivity index (χ2v) is 4.73. The number of amides is 1. The number of benzene rings is 2. The zero-order valence-electron chi connectivity index (χ0n) is 10.4. The molecule has 0 saturated carbocycles. The molecule has 0 aliphatic carbocycles. The number of rotatable bonds is 0. The molecule has 4 heteroatoms. The molecule has 2 aromatic carbocycles. The first-order valence-corrected chi connectivity index (χ1v) is 5.97. The van der Waals surface area contributed by atoms with Crippen LogP contribution in [0.4, 0.5) is 0 Å². The topological polar surface area (TPSA) is 60.8 Å². The highest BCUT2D eigenvalue weighted by atomic mass is 16.3. The van der Waals surface area contributed by atoms with Gasteiger partial charge in [0.2, 0.25) is 0 Å². The van der Waals surface area contributed by atoms with E-state index in [1.165, 1.54) is 6.07 Å². The van der Waals surface area contributed by atoms with E-state index in [1.807, 2.05) is 0 Å². The van der Waals surface area contributed by atoms with E-state index in [-0.39, 0.29) is 17.4 Å². The van der Waals surface area contributed by atoms with Gasteiger partial charge in [-0.1, -0.05) is 6.07 Å². The van der Waals surface area contributed by atoms with Crippen molar-refractivity contribution < 1.29 is 15.0 Å². The van der Waals surface area contributed by atoms with Crippen LogP contribution in [0.3, 0.4) is 0 Å². The van der Waals surface area contributed by atoms with Crippen LogP contribution in [-0.4, -0.2) is 28.1 Å². The maximum absolute atomic E-state index is 12.3. The molecular weight excluding hydrogens is 242 g/mol. The van der Waals surface area contributed by atoms with E-state index < -0.39 is 0 Å². The van der Waals surface area contributed by atoms with Crippen molar-refractivity contribution in [1.29, 1.82) is 0 Å². The summed E-state index contributed by atoms with van der Waals surface area (Å²) in [5, 5.41) is 19.1. The van der Waals surface area contributed by atoms with E-state index in [1.54, 1.807) is 42.3 Å². The Morgan fingerprint density at radius 2 is 1.58 bits per heavy atom. The van der Waals surface area contributed by atoms with Crippen molar-refractivity contribution in [1.82, 2.24) is 4.90 Å². The Balaban J connectivity index is 2.32. The third-order valence-electron chi connectivity index (χ3n) is 3.37. The molecule has 1 heterocycles. The summed E-state index contributed by atoms with van der Waals surface area (Å²) in [6, 6.07) is 9.85. The van der Waals surface area contributed by atoms with Gasteiger partial charge in [0.1, 0.15) is 11.5 Å². The van der Waals surface area contributed by atoms with Gasteiger partial charge in [0.15, 0.2) is 0 Å². The first-order valence-electron chi connectivity index (χ1n) is 5.97. The van der Waals surface area contributed by atoms with Crippen LogP contribution in [0.1, 0.15) is 15.9 Å². The molecule has 2 N–H and O–H groups in total. The van der Waals surface area contributed by atoms with E-state index in [9.17, 15) is 15.0 Å². The summed E-state index contributed by atoms with van der Waals surface area (Å²) in [6.45, 7) is 0.429. The Kier molecular flexibility index (Phi) is 2.45. The number of hydrogen-bond donors (Lipinski definition) is 2. The van der Waals surface area contributed by atoms with Crippen molar-refractivity contribution in [2.45, 2.75) is 6.54 Å². The molecule has 3 rings (SSSR count). The molecule has 1 aliphatic rings. The smallest absolute Gasteiger partial charge is 0.254 e. The first-order chi connectivity index (χ1) is 9.06. The normalized spacial score (nSPS) is 13.7. The molecule has 1 amide bonds. The molecule has 2 aromatic rings. The standard InChI is InChI=1S/C15H13NO3/c1-16-8-9-6-10(17)2-4-12(9)13-5-3-11(18)7-14(13)15(16)19/h2-7,17-18H,8H2,1H3. The fraction of sp³-hybridized carbons (Fsp3) is 0.133. The predicted molar refractivity (Wildman–Crippen MR) is 71.0 cm³/mol. The molecule has 0 spiro atoms. The molecule has 1 aliphatic heterocycles. The zero-order valence-corrected chi connectivity index (χ0v) is 10.4.